The Hall–Kier alpha value is -3.56. The van der Waals surface area contributed by atoms with Crippen molar-refractivity contribution in [1.82, 2.24) is 29.8 Å². The highest BCUT2D eigenvalue weighted by Gasteiger charge is 2.31. The van der Waals surface area contributed by atoms with Crippen LogP contribution in [0.4, 0.5) is 13.2 Å². The van der Waals surface area contributed by atoms with Crippen LogP contribution < -0.4 is 4.74 Å². The summed E-state index contributed by atoms with van der Waals surface area (Å²) < 4.78 is 46.6. The molecular weight excluding hydrogens is 361 g/mol. The summed E-state index contributed by atoms with van der Waals surface area (Å²) in [4.78, 5) is 7.81. The SMILES string of the molecule is Cc1cc(Oc2cc(C(F)(F)F)ccc2-c2cncnc2)nn2cnnc12. The molecule has 0 radical (unpaired) electrons. The van der Waals surface area contributed by atoms with E-state index in [1.165, 1.54) is 35.6 Å². The predicted molar refractivity (Wildman–Crippen MR) is 88.1 cm³/mol. The Morgan fingerprint density at radius 2 is 1.85 bits per heavy atom. The second-order valence-corrected chi connectivity index (χ2v) is 5.70. The summed E-state index contributed by atoms with van der Waals surface area (Å²) >= 11 is 0. The zero-order valence-corrected chi connectivity index (χ0v) is 13.8. The lowest BCUT2D eigenvalue weighted by Crippen LogP contribution is -2.06. The molecule has 0 amide bonds. The fourth-order valence-electron chi connectivity index (χ4n) is 2.57. The summed E-state index contributed by atoms with van der Waals surface area (Å²) in [5.74, 6) is 0.0937. The van der Waals surface area contributed by atoms with E-state index in [4.69, 9.17) is 4.74 Å². The van der Waals surface area contributed by atoms with Gasteiger partial charge in [0.05, 0.1) is 5.56 Å². The minimum Gasteiger partial charge on any atom is -0.437 e. The fourth-order valence-corrected chi connectivity index (χ4v) is 2.57. The summed E-state index contributed by atoms with van der Waals surface area (Å²) in [5, 5.41) is 11.8. The van der Waals surface area contributed by atoms with Gasteiger partial charge in [-0.25, -0.2) is 9.97 Å². The molecule has 10 heteroatoms. The normalized spacial score (nSPS) is 11.7. The van der Waals surface area contributed by atoms with Crippen LogP contribution in [0.5, 0.6) is 11.6 Å². The molecular formula is C17H11F3N6O. The number of rotatable bonds is 3. The zero-order chi connectivity index (χ0) is 19.0. The van der Waals surface area contributed by atoms with E-state index in [1.807, 2.05) is 0 Å². The summed E-state index contributed by atoms with van der Waals surface area (Å²) in [6.45, 7) is 1.77. The molecule has 136 valence electrons. The van der Waals surface area contributed by atoms with Crippen LogP contribution in [-0.2, 0) is 6.18 Å². The molecule has 1 aromatic carbocycles. The van der Waals surface area contributed by atoms with Crippen LogP contribution >= 0.6 is 0 Å². The highest BCUT2D eigenvalue weighted by atomic mass is 19.4. The van der Waals surface area contributed by atoms with Gasteiger partial charge in [-0.1, -0.05) is 0 Å². The number of aryl methyl sites for hydroxylation is 1. The Morgan fingerprint density at radius 1 is 1.07 bits per heavy atom. The first-order chi connectivity index (χ1) is 12.9. The van der Waals surface area contributed by atoms with Gasteiger partial charge in [-0.05, 0) is 25.1 Å². The van der Waals surface area contributed by atoms with Crippen molar-refractivity contribution in [2.45, 2.75) is 13.1 Å². The summed E-state index contributed by atoms with van der Waals surface area (Å²) in [7, 11) is 0. The van der Waals surface area contributed by atoms with Crippen LogP contribution in [0.1, 0.15) is 11.1 Å². The Balaban J connectivity index is 1.83. The van der Waals surface area contributed by atoms with Crippen molar-refractivity contribution in [3.05, 3.63) is 60.4 Å². The van der Waals surface area contributed by atoms with E-state index in [0.717, 1.165) is 12.1 Å². The Morgan fingerprint density at radius 3 is 2.59 bits per heavy atom. The van der Waals surface area contributed by atoms with Crippen molar-refractivity contribution in [3.63, 3.8) is 0 Å². The highest BCUT2D eigenvalue weighted by molar-refractivity contribution is 5.70. The standard InChI is InChI=1S/C17H11F3N6O/c1-10-4-15(25-26-9-23-24-16(10)26)27-14-5-12(17(18,19)20)2-3-13(14)11-6-21-8-22-7-11/h2-9H,1H3. The van der Waals surface area contributed by atoms with Crippen molar-refractivity contribution < 1.29 is 17.9 Å². The van der Waals surface area contributed by atoms with Gasteiger partial charge < -0.3 is 4.74 Å². The maximum Gasteiger partial charge on any atom is 0.416 e. The maximum absolute atomic E-state index is 13.2. The van der Waals surface area contributed by atoms with Gasteiger partial charge >= 0.3 is 6.18 Å². The average Bonchev–Trinajstić information content (AvgIpc) is 3.11. The summed E-state index contributed by atoms with van der Waals surface area (Å²) in [5.41, 5.74) is 1.34. The fraction of sp³-hybridized carbons (Fsp3) is 0.118. The van der Waals surface area contributed by atoms with E-state index >= 15 is 0 Å². The van der Waals surface area contributed by atoms with Crippen molar-refractivity contribution in [2.24, 2.45) is 0 Å². The zero-order valence-electron chi connectivity index (χ0n) is 13.8. The number of aromatic nitrogens is 6. The van der Waals surface area contributed by atoms with E-state index in [0.29, 0.717) is 22.3 Å². The molecule has 3 heterocycles. The van der Waals surface area contributed by atoms with Gasteiger partial charge in [0.25, 0.3) is 0 Å². The quantitative estimate of drug-likeness (QED) is 0.546. The van der Waals surface area contributed by atoms with E-state index in [9.17, 15) is 13.2 Å². The lowest BCUT2D eigenvalue weighted by atomic mass is 10.0. The molecule has 0 aliphatic carbocycles. The van der Waals surface area contributed by atoms with Crippen LogP contribution in [0, 0.1) is 6.92 Å². The lowest BCUT2D eigenvalue weighted by Gasteiger charge is -2.14. The number of fused-ring (bicyclic) bond motifs is 1. The molecule has 0 atom stereocenters. The van der Waals surface area contributed by atoms with Gasteiger partial charge in [0, 0.05) is 35.2 Å². The number of hydrogen-bond donors (Lipinski definition) is 0. The predicted octanol–water partition coefficient (Wildman–Crippen LogP) is 3.70. The van der Waals surface area contributed by atoms with Gasteiger partial charge in [0.1, 0.15) is 18.4 Å². The molecule has 7 nitrogen and oxygen atoms in total. The second kappa shape index (κ2) is 6.31. The largest absolute Gasteiger partial charge is 0.437 e. The molecule has 0 saturated heterocycles. The number of hydrogen-bond acceptors (Lipinski definition) is 6. The third kappa shape index (κ3) is 3.28. The molecule has 0 N–H and O–H groups in total. The Kier molecular flexibility index (Phi) is 3.94. The van der Waals surface area contributed by atoms with Gasteiger partial charge in [0.15, 0.2) is 5.65 Å². The van der Waals surface area contributed by atoms with Gasteiger partial charge in [-0.3, -0.25) is 0 Å². The van der Waals surface area contributed by atoms with E-state index in [2.05, 4.69) is 25.3 Å². The average molecular weight is 372 g/mol. The smallest absolute Gasteiger partial charge is 0.416 e. The number of ether oxygens (including phenoxy) is 1. The van der Waals surface area contributed by atoms with Crippen molar-refractivity contribution in [2.75, 3.05) is 0 Å². The van der Waals surface area contributed by atoms with Gasteiger partial charge in [0.2, 0.25) is 5.88 Å². The molecule has 0 aliphatic rings. The summed E-state index contributed by atoms with van der Waals surface area (Å²) in [6, 6.07) is 4.81. The third-order valence-corrected chi connectivity index (χ3v) is 3.82. The Labute approximate surface area is 150 Å². The number of benzene rings is 1. The van der Waals surface area contributed by atoms with Crippen LogP contribution in [0.2, 0.25) is 0 Å². The minimum absolute atomic E-state index is 0.0149. The first kappa shape index (κ1) is 16.9. The van der Waals surface area contributed by atoms with Crippen LogP contribution in [0.25, 0.3) is 16.8 Å². The van der Waals surface area contributed by atoms with Crippen LogP contribution in [0.3, 0.4) is 0 Å². The topological polar surface area (TPSA) is 78.1 Å². The molecule has 0 fully saturated rings. The Bertz CT molecular complexity index is 1110. The molecule has 0 spiro atoms. The van der Waals surface area contributed by atoms with Crippen LogP contribution in [0.15, 0.2) is 49.3 Å². The van der Waals surface area contributed by atoms with Gasteiger partial charge in [-0.15, -0.1) is 15.3 Å². The van der Waals surface area contributed by atoms with Crippen molar-refractivity contribution in [1.29, 1.82) is 0 Å². The first-order valence-electron chi connectivity index (χ1n) is 7.74. The second-order valence-electron chi connectivity index (χ2n) is 5.70. The summed E-state index contributed by atoms with van der Waals surface area (Å²) in [6.07, 6.45) is 1.19. The van der Waals surface area contributed by atoms with E-state index < -0.39 is 11.7 Å². The molecule has 0 aliphatic heterocycles. The lowest BCUT2D eigenvalue weighted by molar-refractivity contribution is -0.137. The monoisotopic (exact) mass is 372 g/mol. The number of alkyl halides is 3. The first-order valence-corrected chi connectivity index (χ1v) is 7.74. The van der Waals surface area contributed by atoms with Gasteiger partial charge in [-0.2, -0.15) is 17.7 Å². The van der Waals surface area contributed by atoms with Crippen molar-refractivity contribution in [3.8, 4) is 22.8 Å². The third-order valence-electron chi connectivity index (χ3n) is 3.82. The molecule has 0 saturated carbocycles. The van der Waals surface area contributed by atoms with E-state index in [1.54, 1.807) is 13.0 Å². The molecule has 3 aromatic heterocycles. The highest BCUT2D eigenvalue weighted by Crippen LogP contribution is 2.38. The van der Waals surface area contributed by atoms with Crippen LogP contribution in [-0.4, -0.2) is 29.8 Å². The molecule has 27 heavy (non-hydrogen) atoms. The number of halogens is 3. The molecule has 4 aromatic rings. The van der Waals surface area contributed by atoms with E-state index in [-0.39, 0.29) is 11.6 Å². The maximum atomic E-state index is 13.2. The number of nitrogens with zero attached hydrogens (tertiary/aromatic N) is 6. The van der Waals surface area contributed by atoms with Crippen molar-refractivity contribution >= 4 is 5.65 Å². The minimum atomic E-state index is -4.51. The molecule has 4 rings (SSSR count). The molecule has 0 unspecified atom stereocenters. The molecule has 0 bridgehead atoms.